The van der Waals surface area contributed by atoms with Crippen LogP contribution < -0.4 is 22.9 Å². The minimum absolute atomic E-state index is 0. The molecule has 0 saturated heterocycles. The van der Waals surface area contributed by atoms with Gasteiger partial charge in [0.25, 0.3) is 0 Å². The molecular weight excluding hydrogens is 557 g/mol. The molecule has 0 aliphatic rings. The number of hydrogen-bond donors (Lipinski definition) is 4. The van der Waals surface area contributed by atoms with Crippen molar-refractivity contribution in [3.05, 3.63) is 95.0 Å². The lowest BCUT2D eigenvalue weighted by Crippen LogP contribution is -1.88. The van der Waals surface area contributed by atoms with Crippen molar-refractivity contribution in [3.63, 3.8) is 0 Å². The van der Waals surface area contributed by atoms with Crippen molar-refractivity contribution in [2.45, 2.75) is 0 Å². The molecule has 4 nitrogen and oxygen atoms in total. The third-order valence-corrected chi connectivity index (χ3v) is 5.14. The van der Waals surface area contributed by atoms with E-state index in [4.69, 9.17) is 46.1 Å². The van der Waals surface area contributed by atoms with Gasteiger partial charge in [0.1, 0.15) is 0 Å². The zero-order valence-electron chi connectivity index (χ0n) is 17.8. The van der Waals surface area contributed by atoms with Crippen molar-refractivity contribution in [1.29, 1.82) is 0 Å². The third-order valence-electron chi connectivity index (χ3n) is 4.49. The fraction of sp³-hybridized carbons (Fsp3) is 0. The highest BCUT2D eigenvalue weighted by atomic mass is 35.5. The van der Waals surface area contributed by atoms with Crippen molar-refractivity contribution >= 4 is 95.6 Å². The molecule has 8 N–H and O–H groups in total. The summed E-state index contributed by atoms with van der Waals surface area (Å²) in [6.07, 6.45) is 0. The SMILES string of the molecule is Cl.Cl.Cl.Cl.Nc1ccc(-c2ccc(N)c(Cl)c2)cc1Cl.Nc1ccc(-c2ccc(N)cc2)cc1. The number of anilines is 4. The summed E-state index contributed by atoms with van der Waals surface area (Å²) < 4.78 is 0. The van der Waals surface area contributed by atoms with E-state index in [1.807, 2.05) is 60.7 Å². The molecule has 0 amide bonds. The molecule has 0 radical (unpaired) electrons. The Hall–Kier alpha value is -2.18. The summed E-state index contributed by atoms with van der Waals surface area (Å²) in [6.45, 7) is 0. The summed E-state index contributed by atoms with van der Waals surface area (Å²) in [5.74, 6) is 0. The molecule has 34 heavy (non-hydrogen) atoms. The highest BCUT2D eigenvalue weighted by molar-refractivity contribution is 6.34. The molecule has 0 unspecified atom stereocenters. The van der Waals surface area contributed by atoms with Crippen LogP contribution in [-0.4, -0.2) is 0 Å². The molecule has 0 atom stereocenters. The lowest BCUT2D eigenvalue weighted by atomic mass is 10.1. The molecule has 0 spiro atoms. The monoisotopic (exact) mass is 580 g/mol. The fourth-order valence-electron chi connectivity index (χ4n) is 2.76. The minimum atomic E-state index is 0. The van der Waals surface area contributed by atoms with Gasteiger partial charge in [0.15, 0.2) is 0 Å². The largest absolute Gasteiger partial charge is 0.399 e. The minimum Gasteiger partial charge on any atom is -0.399 e. The zero-order valence-corrected chi connectivity index (χ0v) is 22.6. The molecule has 4 aromatic rings. The smallest absolute Gasteiger partial charge is 0.0641 e. The third kappa shape index (κ3) is 9.22. The molecule has 184 valence electrons. The number of rotatable bonds is 2. The number of nitrogen functional groups attached to an aromatic ring is 4. The van der Waals surface area contributed by atoms with Gasteiger partial charge in [0.2, 0.25) is 0 Å². The van der Waals surface area contributed by atoms with Gasteiger partial charge in [0, 0.05) is 11.4 Å². The van der Waals surface area contributed by atoms with E-state index < -0.39 is 0 Å². The zero-order chi connectivity index (χ0) is 21.7. The van der Waals surface area contributed by atoms with Crippen LogP contribution in [0.5, 0.6) is 0 Å². The Labute approximate surface area is 234 Å². The van der Waals surface area contributed by atoms with E-state index in [1.165, 1.54) is 0 Å². The Morgan fingerprint density at radius 1 is 0.382 bits per heavy atom. The van der Waals surface area contributed by atoms with Crippen LogP contribution in [0.25, 0.3) is 22.3 Å². The van der Waals surface area contributed by atoms with Gasteiger partial charge in [-0.2, -0.15) is 0 Å². The van der Waals surface area contributed by atoms with Crippen LogP contribution >= 0.6 is 72.8 Å². The van der Waals surface area contributed by atoms with Gasteiger partial charge >= 0.3 is 0 Å². The summed E-state index contributed by atoms with van der Waals surface area (Å²) in [5.41, 5.74) is 29.4. The average molecular weight is 583 g/mol. The van der Waals surface area contributed by atoms with Crippen LogP contribution in [0.2, 0.25) is 10.0 Å². The number of hydrogen-bond acceptors (Lipinski definition) is 4. The van der Waals surface area contributed by atoms with Gasteiger partial charge < -0.3 is 22.9 Å². The summed E-state index contributed by atoms with van der Waals surface area (Å²) in [4.78, 5) is 0. The number of benzene rings is 4. The number of halogens is 6. The van der Waals surface area contributed by atoms with Crippen molar-refractivity contribution in [2.75, 3.05) is 22.9 Å². The Bertz CT molecular complexity index is 1060. The van der Waals surface area contributed by atoms with Crippen LogP contribution in [0, 0.1) is 0 Å². The van der Waals surface area contributed by atoms with Gasteiger partial charge in [-0.05, 0) is 70.8 Å². The predicted molar refractivity (Wildman–Crippen MR) is 160 cm³/mol. The van der Waals surface area contributed by atoms with E-state index in [0.29, 0.717) is 21.4 Å². The van der Waals surface area contributed by atoms with Gasteiger partial charge in [-0.3, -0.25) is 0 Å². The van der Waals surface area contributed by atoms with Crippen molar-refractivity contribution in [2.24, 2.45) is 0 Å². The number of nitrogens with two attached hydrogens (primary N) is 4. The Kier molecular flexibility index (Phi) is 15.7. The molecule has 4 rings (SSSR count). The fourth-order valence-corrected chi connectivity index (χ4v) is 3.13. The first-order valence-electron chi connectivity index (χ1n) is 9.15. The van der Waals surface area contributed by atoms with Crippen LogP contribution in [0.15, 0.2) is 84.9 Å². The van der Waals surface area contributed by atoms with Crippen molar-refractivity contribution in [1.82, 2.24) is 0 Å². The van der Waals surface area contributed by atoms with Crippen molar-refractivity contribution in [3.8, 4) is 22.3 Å². The molecule has 0 aliphatic carbocycles. The summed E-state index contributed by atoms with van der Waals surface area (Å²) >= 11 is 11.9. The maximum Gasteiger partial charge on any atom is 0.0641 e. The molecule has 0 aliphatic heterocycles. The molecule has 0 saturated carbocycles. The highest BCUT2D eigenvalue weighted by Gasteiger charge is 2.03. The first-order chi connectivity index (χ1) is 14.3. The highest BCUT2D eigenvalue weighted by Crippen LogP contribution is 2.30. The van der Waals surface area contributed by atoms with Crippen LogP contribution in [0.1, 0.15) is 0 Å². The van der Waals surface area contributed by atoms with Gasteiger partial charge in [-0.1, -0.05) is 59.6 Å². The quantitative estimate of drug-likeness (QED) is 0.180. The first kappa shape index (κ1) is 34.0. The van der Waals surface area contributed by atoms with Crippen LogP contribution in [-0.2, 0) is 0 Å². The van der Waals surface area contributed by atoms with Gasteiger partial charge in [-0.15, -0.1) is 49.6 Å². The van der Waals surface area contributed by atoms with E-state index in [1.54, 1.807) is 24.3 Å². The lowest BCUT2D eigenvalue weighted by molar-refractivity contribution is 1.61. The normalized spacial score (nSPS) is 9.00. The molecule has 0 fully saturated rings. The average Bonchev–Trinajstić information content (AvgIpc) is 2.74. The maximum absolute atomic E-state index is 5.95. The maximum atomic E-state index is 5.95. The molecule has 0 bridgehead atoms. The van der Waals surface area contributed by atoms with Crippen LogP contribution in [0.4, 0.5) is 22.7 Å². The molecular formula is C24H26Cl6N4. The Balaban J connectivity index is 0. The second-order valence-corrected chi connectivity index (χ2v) is 7.53. The van der Waals surface area contributed by atoms with E-state index in [2.05, 4.69) is 0 Å². The Morgan fingerprint density at radius 2 is 0.647 bits per heavy atom. The van der Waals surface area contributed by atoms with E-state index in [0.717, 1.165) is 33.6 Å². The topological polar surface area (TPSA) is 104 Å². The van der Waals surface area contributed by atoms with E-state index in [-0.39, 0.29) is 49.6 Å². The summed E-state index contributed by atoms with van der Waals surface area (Å²) in [5, 5.41) is 1.07. The Morgan fingerprint density at radius 3 is 0.912 bits per heavy atom. The van der Waals surface area contributed by atoms with Gasteiger partial charge in [0.05, 0.1) is 21.4 Å². The molecule has 10 heteroatoms. The first-order valence-corrected chi connectivity index (χ1v) is 9.91. The second kappa shape index (κ2) is 15.7. The van der Waals surface area contributed by atoms with Crippen LogP contribution in [0.3, 0.4) is 0 Å². The van der Waals surface area contributed by atoms with E-state index >= 15 is 0 Å². The molecule has 0 aromatic heterocycles. The van der Waals surface area contributed by atoms with Crippen molar-refractivity contribution < 1.29 is 0 Å². The second-order valence-electron chi connectivity index (χ2n) is 6.72. The standard InChI is InChI=1S/C12H10Cl2N2.C12H12N2.4ClH/c13-9-5-7(1-3-11(9)15)8-2-4-12(16)10(14)6-8;13-11-5-1-9(2-6-11)10-3-7-12(14)8-4-10;;;;/h1-6H,15-16H2;1-8H,13-14H2;4*1H. The molecule has 4 aromatic carbocycles. The summed E-state index contributed by atoms with van der Waals surface area (Å²) in [7, 11) is 0. The van der Waals surface area contributed by atoms with Gasteiger partial charge in [-0.25, -0.2) is 0 Å². The summed E-state index contributed by atoms with van der Waals surface area (Å²) in [6, 6.07) is 26.5. The molecule has 0 heterocycles. The lowest BCUT2D eigenvalue weighted by Gasteiger charge is -2.06. The predicted octanol–water partition coefficient (Wildman–Crippen LogP) is 8.03. The van der Waals surface area contributed by atoms with E-state index in [9.17, 15) is 0 Å².